The standard InChI is InChI=1S/C28H30N8O2/c1-35(2)12-4-7-26(37)32-21-10-11-29-24(17-21)23-6-3-5-20-18-31-28(34-27(20)23)33-22-8-9-25(30-19-22)36-13-15-38-16-14-36/h3-11,17-19H,12-16H2,1-2H3,(H,29,32,37)(H,31,33,34)/b7-4+. The first-order valence-electron chi connectivity index (χ1n) is 12.5. The van der Waals surface area contributed by atoms with Gasteiger partial charge in [0.25, 0.3) is 0 Å². The largest absolute Gasteiger partial charge is 0.378 e. The van der Waals surface area contributed by atoms with Gasteiger partial charge < -0.3 is 25.2 Å². The summed E-state index contributed by atoms with van der Waals surface area (Å²) in [6, 6.07) is 13.4. The van der Waals surface area contributed by atoms with Gasteiger partial charge in [-0.25, -0.2) is 15.0 Å². The van der Waals surface area contributed by atoms with Gasteiger partial charge in [0.1, 0.15) is 5.82 Å². The minimum absolute atomic E-state index is 0.191. The molecule has 0 saturated carbocycles. The molecule has 38 heavy (non-hydrogen) atoms. The van der Waals surface area contributed by atoms with Crippen LogP contribution >= 0.6 is 0 Å². The van der Waals surface area contributed by atoms with Crippen molar-refractivity contribution in [2.75, 3.05) is 62.5 Å². The van der Waals surface area contributed by atoms with Gasteiger partial charge in [-0.3, -0.25) is 9.78 Å². The molecule has 3 aromatic heterocycles. The lowest BCUT2D eigenvalue weighted by Crippen LogP contribution is -2.36. The third-order valence-corrected chi connectivity index (χ3v) is 5.99. The predicted octanol–water partition coefficient (Wildman–Crippen LogP) is 3.72. The highest BCUT2D eigenvalue weighted by Crippen LogP contribution is 2.28. The summed E-state index contributed by atoms with van der Waals surface area (Å²) in [5, 5.41) is 7.04. The zero-order valence-corrected chi connectivity index (χ0v) is 21.5. The number of morpholine rings is 1. The number of rotatable bonds is 8. The Morgan fingerprint density at radius 2 is 1.92 bits per heavy atom. The number of anilines is 4. The fourth-order valence-corrected chi connectivity index (χ4v) is 4.10. The smallest absolute Gasteiger partial charge is 0.248 e. The fraction of sp³-hybridized carbons (Fsp3) is 0.250. The van der Waals surface area contributed by atoms with Gasteiger partial charge >= 0.3 is 0 Å². The Hall–Kier alpha value is -4.41. The summed E-state index contributed by atoms with van der Waals surface area (Å²) in [4.78, 5) is 34.9. The number of nitrogens with one attached hydrogen (secondary N) is 2. The Morgan fingerprint density at radius 3 is 2.71 bits per heavy atom. The van der Waals surface area contributed by atoms with E-state index in [0.717, 1.165) is 41.1 Å². The molecule has 1 saturated heterocycles. The van der Waals surface area contributed by atoms with Crippen molar-refractivity contribution in [2.24, 2.45) is 0 Å². The number of para-hydroxylation sites is 1. The first-order valence-corrected chi connectivity index (χ1v) is 12.5. The van der Waals surface area contributed by atoms with Crippen molar-refractivity contribution in [3.05, 3.63) is 73.2 Å². The van der Waals surface area contributed by atoms with E-state index in [9.17, 15) is 4.79 Å². The second kappa shape index (κ2) is 11.8. The molecule has 1 aromatic carbocycles. The fourth-order valence-electron chi connectivity index (χ4n) is 4.10. The third-order valence-electron chi connectivity index (χ3n) is 5.99. The van der Waals surface area contributed by atoms with E-state index in [-0.39, 0.29) is 5.91 Å². The maximum atomic E-state index is 12.3. The Labute approximate surface area is 221 Å². The van der Waals surface area contributed by atoms with Crippen molar-refractivity contribution >= 4 is 40.0 Å². The van der Waals surface area contributed by atoms with Crippen molar-refractivity contribution in [3.63, 3.8) is 0 Å². The van der Waals surface area contributed by atoms with Gasteiger partial charge in [0, 0.05) is 54.7 Å². The number of hydrogen-bond acceptors (Lipinski definition) is 9. The molecule has 0 unspecified atom stereocenters. The van der Waals surface area contributed by atoms with Crippen LogP contribution in [-0.2, 0) is 9.53 Å². The summed E-state index contributed by atoms with van der Waals surface area (Å²) >= 11 is 0. The quantitative estimate of drug-likeness (QED) is 0.343. The lowest BCUT2D eigenvalue weighted by Gasteiger charge is -2.27. The van der Waals surface area contributed by atoms with Gasteiger partial charge in [0.05, 0.1) is 36.3 Å². The molecule has 1 amide bonds. The van der Waals surface area contributed by atoms with Crippen molar-refractivity contribution in [3.8, 4) is 11.3 Å². The average Bonchev–Trinajstić information content (AvgIpc) is 2.93. The number of carbonyl (C=O) groups excluding carboxylic acids is 1. The number of ether oxygens (including phenoxy) is 1. The van der Waals surface area contributed by atoms with Gasteiger partial charge in [0.2, 0.25) is 11.9 Å². The van der Waals surface area contributed by atoms with E-state index >= 15 is 0 Å². The first-order chi connectivity index (χ1) is 18.5. The second-order valence-electron chi connectivity index (χ2n) is 9.15. The number of aromatic nitrogens is 4. The SMILES string of the molecule is CN(C)C/C=C/C(=O)Nc1ccnc(-c2cccc3cnc(Nc4ccc(N5CCOCC5)nc4)nc23)c1. The molecule has 10 heteroatoms. The van der Waals surface area contributed by atoms with Crippen molar-refractivity contribution in [1.29, 1.82) is 0 Å². The van der Waals surface area contributed by atoms with Crippen LogP contribution in [-0.4, -0.2) is 77.7 Å². The summed E-state index contributed by atoms with van der Waals surface area (Å²) in [5.41, 5.74) is 3.75. The summed E-state index contributed by atoms with van der Waals surface area (Å²) in [5.74, 6) is 1.19. The molecule has 0 spiro atoms. The van der Waals surface area contributed by atoms with Crippen molar-refractivity contribution < 1.29 is 9.53 Å². The molecule has 0 aliphatic carbocycles. The zero-order valence-electron chi connectivity index (χ0n) is 21.5. The Kier molecular flexibility index (Phi) is 7.81. The molecule has 4 aromatic rings. The van der Waals surface area contributed by atoms with Crippen LogP contribution in [0.25, 0.3) is 22.2 Å². The van der Waals surface area contributed by atoms with Gasteiger partial charge in [-0.2, -0.15) is 0 Å². The van der Waals surface area contributed by atoms with Crippen LogP contribution < -0.4 is 15.5 Å². The Morgan fingerprint density at radius 1 is 1.05 bits per heavy atom. The minimum atomic E-state index is -0.191. The molecule has 0 atom stereocenters. The molecule has 1 fully saturated rings. The molecular formula is C28H30N8O2. The van der Waals surface area contributed by atoms with Gasteiger partial charge in [-0.1, -0.05) is 24.3 Å². The van der Waals surface area contributed by atoms with E-state index in [4.69, 9.17) is 9.72 Å². The maximum absolute atomic E-state index is 12.3. The molecular weight excluding hydrogens is 480 g/mol. The van der Waals surface area contributed by atoms with Crippen molar-refractivity contribution in [1.82, 2.24) is 24.8 Å². The second-order valence-corrected chi connectivity index (χ2v) is 9.15. The molecule has 10 nitrogen and oxygen atoms in total. The van der Waals surface area contributed by atoms with E-state index in [1.807, 2.05) is 61.5 Å². The molecule has 2 N–H and O–H groups in total. The summed E-state index contributed by atoms with van der Waals surface area (Å²) < 4.78 is 5.42. The van der Waals surface area contributed by atoms with Gasteiger partial charge in [-0.15, -0.1) is 0 Å². The molecule has 5 rings (SSSR count). The van der Waals surface area contributed by atoms with E-state index in [0.29, 0.717) is 37.1 Å². The summed E-state index contributed by atoms with van der Waals surface area (Å²) in [7, 11) is 3.90. The number of carbonyl (C=O) groups is 1. The van der Waals surface area contributed by atoms with Crippen LogP contribution in [0.2, 0.25) is 0 Å². The molecule has 194 valence electrons. The normalized spacial score (nSPS) is 13.8. The molecule has 1 aliphatic rings. The first kappa shape index (κ1) is 25.2. The van der Waals surface area contributed by atoms with Crippen molar-refractivity contribution in [2.45, 2.75) is 0 Å². The van der Waals surface area contributed by atoms with Crippen LogP contribution in [0.1, 0.15) is 0 Å². The lowest BCUT2D eigenvalue weighted by atomic mass is 10.1. The van der Waals surface area contributed by atoms with Crippen LogP contribution in [0, 0.1) is 0 Å². The molecule has 4 heterocycles. The van der Waals surface area contributed by atoms with E-state index in [2.05, 4.69) is 30.5 Å². The monoisotopic (exact) mass is 510 g/mol. The Balaban J connectivity index is 1.35. The third kappa shape index (κ3) is 6.28. The molecule has 0 bridgehead atoms. The number of pyridine rings is 2. The molecule has 1 aliphatic heterocycles. The number of nitrogens with zero attached hydrogens (tertiary/aromatic N) is 6. The molecule has 0 radical (unpaired) electrons. The highest BCUT2D eigenvalue weighted by atomic mass is 16.5. The zero-order chi connectivity index (χ0) is 26.3. The highest BCUT2D eigenvalue weighted by molar-refractivity contribution is 6.00. The van der Waals surface area contributed by atoms with E-state index in [1.54, 1.807) is 24.7 Å². The van der Waals surface area contributed by atoms with Crippen LogP contribution in [0.5, 0.6) is 0 Å². The lowest BCUT2D eigenvalue weighted by molar-refractivity contribution is -0.111. The number of fused-ring (bicyclic) bond motifs is 1. The predicted molar refractivity (Wildman–Crippen MR) is 150 cm³/mol. The maximum Gasteiger partial charge on any atom is 0.248 e. The van der Waals surface area contributed by atoms with Gasteiger partial charge in [-0.05, 0) is 38.4 Å². The number of benzene rings is 1. The van der Waals surface area contributed by atoms with Gasteiger partial charge in [0.15, 0.2) is 0 Å². The van der Waals surface area contributed by atoms with E-state index < -0.39 is 0 Å². The minimum Gasteiger partial charge on any atom is -0.378 e. The topological polar surface area (TPSA) is 108 Å². The van der Waals surface area contributed by atoms with Crippen LogP contribution in [0.4, 0.5) is 23.1 Å². The highest BCUT2D eigenvalue weighted by Gasteiger charge is 2.13. The average molecular weight is 511 g/mol. The summed E-state index contributed by atoms with van der Waals surface area (Å²) in [6.07, 6.45) is 8.59. The van der Waals surface area contributed by atoms with Crippen LogP contribution in [0.3, 0.4) is 0 Å². The van der Waals surface area contributed by atoms with E-state index in [1.165, 1.54) is 6.08 Å². The Bertz CT molecular complexity index is 1430. The van der Waals surface area contributed by atoms with Crippen LogP contribution in [0.15, 0.2) is 73.2 Å². The summed E-state index contributed by atoms with van der Waals surface area (Å²) in [6.45, 7) is 3.79. The number of hydrogen-bond donors (Lipinski definition) is 2. The number of amides is 1. The number of likely N-dealkylation sites (N-methyl/N-ethyl adjacent to an activating group) is 1.